The Balaban J connectivity index is 5.55. The summed E-state index contributed by atoms with van der Waals surface area (Å²) in [5.41, 5.74) is 0. The molecule has 0 aromatic heterocycles. The molecule has 11 heteroatoms. The molecule has 0 aliphatic carbocycles. The van der Waals surface area contributed by atoms with Gasteiger partial charge >= 0.3 is 19.5 Å². The number of rotatable bonds is 12. The van der Waals surface area contributed by atoms with Gasteiger partial charge in [-0.05, 0) is 44.5 Å². The van der Waals surface area contributed by atoms with Gasteiger partial charge in [-0.2, -0.15) is 9.63 Å². The van der Waals surface area contributed by atoms with E-state index >= 15 is 0 Å². The van der Waals surface area contributed by atoms with Crippen LogP contribution >= 0.6 is 7.60 Å². The van der Waals surface area contributed by atoms with E-state index in [1.165, 1.54) is 7.05 Å². The lowest BCUT2D eigenvalue weighted by molar-refractivity contribution is -0.968. The highest BCUT2D eigenvalue weighted by atomic mass is 31.2. The first-order valence-electron chi connectivity index (χ1n) is 8.27. The minimum Gasteiger partial charge on any atom is -0.308 e. The number of carbonyl (C=O) groups excluding carboxylic acids is 2. The Bertz CT molecular complexity index is 460. The van der Waals surface area contributed by atoms with Gasteiger partial charge in [0, 0.05) is 0 Å². The molecule has 0 saturated carbocycles. The number of hydrogen-bond acceptors (Lipinski definition) is 8. The topological polar surface area (TPSA) is 101 Å². The molecule has 0 N–H and O–H groups in total. The van der Waals surface area contributed by atoms with Gasteiger partial charge in [-0.3, -0.25) is 4.57 Å². The van der Waals surface area contributed by atoms with Crippen molar-refractivity contribution in [2.75, 3.05) is 46.2 Å². The van der Waals surface area contributed by atoms with Crippen molar-refractivity contribution >= 4 is 19.5 Å². The zero-order valence-corrected chi connectivity index (χ0v) is 16.7. The lowest BCUT2D eigenvalue weighted by atomic mass is 10.6. The van der Waals surface area contributed by atoms with Gasteiger partial charge in [0.1, 0.15) is 13.7 Å². The molecule has 0 fully saturated rings. The van der Waals surface area contributed by atoms with Crippen molar-refractivity contribution in [2.45, 2.75) is 34.6 Å². The van der Waals surface area contributed by atoms with Crippen LogP contribution in [-0.2, 0) is 32.9 Å². The second kappa shape index (κ2) is 11.7. The standard InChI is InChI=1S/C14H30N2O8P/c1-7-20-15(21-8-2)14(18)16(6,22-9-3)13(17)12-25(19,23-10-4)24-11-5/h7-12H2,1-6H3/q+1. The average Bonchev–Trinajstić information content (AvgIpc) is 2.54. The van der Waals surface area contributed by atoms with Crippen molar-refractivity contribution in [3.63, 3.8) is 0 Å². The lowest BCUT2D eigenvalue weighted by Crippen LogP contribution is -2.59. The van der Waals surface area contributed by atoms with Crippen LogP contribution in [0.2, 0.25) is 0 Å². The third-order valence-corrected chi connectivity index (χ3v) is 4.82. The van der Waals surface area contributed by atoms with E-state index < -0.39 is 30.3 Å². The Labute approximate surface area is 148 Å². The molecule has 0 bridgehead atoms. The van der Waals surface area contributed by atoms with E-state index in [0.29, 0.717) is 5.23 Å². The summed E-state index contributed by atoms with van der Waals surface area (Å²) in [5, 5.41) is 0.597. The number of quaternary nitrogens is 1. The number of carbonyl (C=O) groups is 2. The normalized spacial score (nSPS) is 14.2. The summed E-state index contributed by atoms with van der Waals surface area (Å²) in [5.74, 6) is -0.804. The first-order chi connectivity index (χ1) is 11.7. The van der Waals surface area contributed by atoms with Gasteiger partial charge in [-0.15, -0.1) is 0 Å². The van der Waals surface area contributed by atoms with E-state index in [1.807, 2.05) is 0 Å². The molecule has 0 aromatic rings. The number of hydrogen-bond donors (Lipinski definition) is 0. The molecule has 1 atom stereocenters. The predicted molar refractivity (Wildman–Crippen MR) is 89.0 cm³/mol. The Morgan fingerprint density at radius 2 is 1.36 bits per heavy atom. The van der Waals surface area contributed by atoms with Crippen molar-refractivity contribution in [3.05, 3.63) is 0 Å². The van der Waals surface area contributed by atoms with E-state index in [-0.39, 0.29) is 33.0 Å². The molecule has 10 nitrogen and oxygen atoms in total. The van der Waals surface area contributed by atoms with Crippen molar-refractivity contribution in [1.29, 1.82) is 0 Å². The summed E-state index contributed by atoms with van der Waals surface area (Å²) in [6, 6.07) is -0.907. The van der Waals surface area contributed by atoms with E-state index in [0.717, 1.165) is 0 Å². The Kier molecular flexibility index (Phi) is 11.3. The van der Waals surface area contributed by atoms with Crippen molar-refractivity contribution in [1.82, 2.24) is 5.23 Å². The molecule has 0 spiro atoms. The van der Waals surface area contributed by atoms with Gasteiger partial charge in [0.25, 0.3) is 0 Å². The molecule has 25 heavy (non-hydrogen) atoms. The second-order valence-corrected chi connectivity index (χ2v) is 6.77. The third kappa shape index (κ3) is 7.10. The first-order valence-corrected chi connectivity index (χ1v) is 10.00. The molecule has 0 aliphatic rings. The Morgan fingerprint density at radius 3 is 1.72 bits per heavy atom. The van der Waals surface area contributed by atoms with Crippen LogP contribution in [0.5, 0.6) is 0 Å². The highest BCUT2D eigenvalue weighted by Gasteiger charge is 2.51. The summed E-state index contributed by atoms with van der Waals surface area (Å²) < 4.78 is 21.7. The smallest absolute Gasteiger partial charge is 0.308 e. The quantitative estimate of drug-likeness (QED) is 0.287. The van der Waals surface area contributed by atoms with E-state index in [4.69, 9.17) is 23.6 Å². The summed E-state index contributed by atoms with van der Waals surface area (Å²) in [4.78, 5) is 41.0. The average molecular weight is 385 g/mol. The second-order valence-electron chi connectivity index (χ2n) is 4.72. The Hall–Kier alpha value is -0.870. The van der Waals surface area contributed by atoms with Gasteiger partial charge < -0.3 is 9.05 Å². The summed E-state index contributed by atoms with van der Waals surface area (Å²) in [6.45, 7) is 8.72. The molecular formula is C14H30N2O8P+. The maximum absolute atomic E-state index is 12.7. The van der Waals surface area contributed by atoms with Crippen LogP contribution in [0.1, 0.15) is 34.6 Å². The van der Waals surface area contributed by atoms with E-state index in [2.05, 4.69) is 0 Å². The number of imide groups is 1. The molecule has 0 radical (unpaired) electrons. The van der Waals surface area contributed by atoms with Crippen molar-refractivity contribution < 1.29 is 42.4 Å². The molecular weight excluding hydrogens is 355 g/mol. The predicted octanol–water partition coefficient (Wildman–Crippen LogP) is 2.50. The number of amides is 3. The van der Waals surface area contributed by atoms with Gasteiger partial charge in [-0.1, -0.05) is 0 Å². The number of nitrogens with zero attached hydrogens (tertiary/aromatic N) is 2. The fourth-order valence-electron chi connectivity index (χ4n) is 1.85. The van der Waals surface area contributed by atoms with Gasteiger partial charge in [0.05, 0.1) is 26.4 Å². The van der Waals surface area contributed by atoms with Crippen LogP contribution in [0.15, 0.2) is 0 Å². The van der Waals surface area contributed by atoms with Gasteiger partial charge in [-0.25, -0.2) is 14.5 Å². The fraction of sp³-hybridized carbons (Fsp3) is 0.857. The van der Waals surface area contributed by atoms with Gasteiger partial charge in [0.15, 0.2) is 6.16 Å². The van der Waals surface area contributed by atoms with Crippen LogP contribution in [0.25, 0.3) is 0 Å². The first kappa shape index (κ1) is 24.1. The number of hydroxylamine groups is 5. The maximum atomic E-state index is 12.7. The molecule has 3 amide bonds. The van der Waals surface area contributed by atoms with Crippen molar-refractivity contribution in [2.24, 2.45) is 0 Å². The SMILES string of the molecule is CCON(OCC)C(=O)[N+](C)(OCC)C(=O)CP(=O)(OCC)OCC. The zero-order valence-electron chi connectivity index (χ0n) is 15.9. The van der Waals surface area contributed by atoms with Crippen LogP contribution in [0, 0.1) is 0 Å². The van der Waals surface area contributed by atoms with E-state index in [9.17, 15) is 14.2 Å². The highest BCUT2D eigenvalue weighted by molar-refractivity contribution is 7.54. The van der Waals surface area contributed by atoms with Crippen LogP contribution < -0.4 is 0 Å². The fourth-order valence-corrected chi connectivity index (χ4v) is 3.50. The summed E-state index contributed by atoms with van der Waals surface area (Å²) in [6.07, 6.45) is -0.622. The monoisotopic (exact) mass is 385 g/mol. The molecule has 0 heterocycles. The van der Waals surface area contributed by atoms with Crippen LogP contribution in [0.4, 0.5) is 4.79 Å². The molecule has 0 rings (SSSR count). The minimum absolute atomic E-state index is 0.0492. The zero-order chi connectivity index (χ0) is 19.5. The van der Waals surface area contributed by atoms with Crippen LogP contribution in [-0.4, -0.2) is 68.1 Å². The molecule has 0 aromatic carbocycles. The molecule has 0 saturated heterocycles. The lowest BCUT2D eigenvalue weighted by Gasteiger charge is -2.30. The minimum atomic E-state index is -3.69. The number of urea groups is 1. The van der Waals surface area contributed by atoms with Gasteiger partial charge in [0.2, 0.25) is 0 Å². The van der Waals surface area contributed by atoms with Crippen molar-refractivity contribution in [3.8, 4) is 0 Å². The third-order valence-electron chi connectivity index (χ3n) is 2.86. The molecule has 148 valence electrons. The highest BCUT2D eigenvalue weighted by Crippen LogP contribution is 2.48. The molecule has 0 aliphatic heterocycles. The Morgan fingerprint density at radius 1 is 0.880 bits per heavy atom. The van der Waals surface area contributed by atoms with Crippen LogP contribution in [0.3, 0.4) is 0 Å². The molecule has 1 unspecified atom stereocenters. The summed E-state index contributed by atoms with van der Waals surface area (Å²) >= 11 is 0. The largest absolute Gasteiger partial charge is 0.508 e. The van der Waals surface area contributed by atoms with E-state index in [1.54, 1.807) is 34.6 Å². The maximum Gasteiger partial charge on any atom is 0.508 e. The summed E-state index contributed by atoms with van der Waals surface area (Å²) in [7, 11) is -2.47.